The number of hydrazone groups is 1. The summed E-state index contributed by atoms with van der Waals surface area (Å²) in [5, 5.41) is 7.37. The van der Waals surface area contributed by atoms with E-state index in [1.807, 2.05) is 12.1 Å². The Morgan fingerprint density at radius 3 is 2.74 bits per heavy atom. The zero-order chi connectivity index (χ0) is 18.4. The fraction of sp³-hybridized carbons (Fsp3) is 0.409. The van der Waals surface area contributed by atoms with Crippen LogP contribution in [0.2, 0.25) is 0 Å². The molecule has 1 atom stereocenters. The van der Waals surface area contributed by atoms with Gasteiger partial charge in [0.05, 0.1) is 18.9 Å². The van der Waals surface area contributed by atoms with Crippen LogP contribution in [-0.4, -0.2) is 48.6 Å². The van der Waals surface area contributed by atoms with Crippen LogP contribution in [-0.2, 0) is 0 Å². The summed E-state index contributed by atoms with van der Waals surface area (Å²) in [5.41, 5.74) is 3.14. The number of ether oxygens (including phenoxy) is 2. The number of para-hydroxylation sites is 1. The molecular weight excluding hydrogens is 338 g/mol. The first kappa shape index (κ1) is 16.6. The van der Waals surface area contributed by atoms with Crippen LogP contribution < -0.4 is 9.47 Å². The Hall–Kier alpha value is -2.53. The van der Waals surface area contributed by atoms with Crippen molar-refractivity contribution in [3.63, 3.8) is 0 Å². The van der Waals surface area contributed by atoms with Crippen molar-refractivity contribution < 1.29 is 9.47 Å². The average molecular weight is 363 g/mol. The number of fused-ring (bicyclic) bond motifs is 4. The van der Waals surface area contributed by atoms with Gasteiger partial charge in [-0.05, 0) is 25.2 Å². The lowest BCUT2D eigenvalue weighted by atomic mass is 9.91. The van der Waals surface area contributed by atoms with Crippen LogP contribution in [0.1, 0.15) is 36.4 Å². The minimum absolute atomic E-state index is 0.236. The van der Waals surface area contributed by atoms with Crippen LogP contribution in [0.5, 0.6) is 11.5 Å². The molecule has 5 heteroatoms. The monoisotopic (exact) mass is 363 g/mol. The Balaban J connectivity index is 1.57. The Bertz CT molecular complexity index is 887. The standard InChI is InChI=1S/C22H25N3O2/c1-24-12-10-22(11-13-24)25-20(18-8-3-4-9-21(18)27-22)15-19(23-25)16-6-5-7-17(14-16)26-2/h3-9,14,20H,10-13,15H2,1-2H3/t20-/m0/s1. The van der Waals surface area contributed by atoms with Gasteiger partial charge in [0, 0.05) is 43.5 Å². The lowest BCUT2D eigenvalue weighted by Gasteiger charge is -2.50. The molecule has 5 nitrogen and oxygen atoms in total. The zero-order valence-electron chi connectivity index (χ0n) is 15.9. The van der Waals surface area contributed by atoms with Gasteiger partial charge in [-0.1, -0.05) is 30.3 Å². The van der Waals surface area contributed by atoms with Crippen molar-refractivity contribution in [3.05, 3.63) is 59.7 Å². The summed E-state index contributed by atoms with van der Waals surface area (Å²) in [5.74, 6) is 1.89. The van der Waals surface area contributed by atoms with Gasteiger partial charge in [0.2, 0.25) is 5.72 Å². The zero-order valence-corrected chi connectivity index (χ0v) is 15.9. The molecule has 1 fully saturated rings. The Morgan fingerprint density at radius 2 is 1.93 bits per heavy atom. The Kier molecular flexibility index (Phi) is 3.86. The summed E-state index contributed by atoms with van der Waals surface area (Å²) in [6.07, 6.45) is 2.82. The van der Waals surface area contributed by atoms with Crippen LogP contribution in [0.15, 0.2) is 53.6 Å². The summed E-state index contributed by atoms with van der Waals surface area (Å²) < 4.78 is 12.0. The Labute approximate surface area is 160 Å². The maximum absolute atomic E-state index is 6.62. The molecule has 0 aliphatic carbocycles. The fourth-order valence-corrected chi connectivity index (χ4v) is 4.50. The van der Waals surface area contributed by atoms with E-state index in [-0.39, 0.29) is 11.8 Å². The number of hydrogen-bond donors (Lipinski definition) is 0. The Morgan fingerprint density at radius 1 is 1.11 bits per heavy atom. The lowest BCUT2D eigenvalue weighted by molar-refractivity contribution is -0.147. The van der Waals surface area contributed by atoms with Crippen molar-refractivity contribution in [1.82, 2.24) is 9.91 Å². The summed E-state index contributed by atoms with van der Waals surface area (Å²) in [6, 6.07) is 16.9. The van der Waals surface area contributed by atoms with E-state index < -0.39 is 0 Å². The minimum Gasteiger partial charge on any atom is -0.497 e. The highest BCUT2D eigenvalue weighted by atomic mass is 16.5. The molecule has 1 saturated heterocycles. The van der Waals surface area contributed by atoms with Crippen LogP contribution >= 0.6 is 0 Å². The molecule has 0 aromatic heterocycles. The molecule has 140 valence electrons. The summed E-state index contributed by atoms with van der Waals surface area (Å²) >= 11 is 0. The number of piperidine rings is 1. The van der Waals surface area contributed by atoms with E-state index in [1.54, 1.807) is 7.11 Å². The molecule has 0 bridgehead atoms. The van der Waals surface area contributed by atoms with E-state index >= 15 is 0 Å². The summed E-state index contributed by atoms with van der Waals surface area (Å²) in [7, 11) is 3.88. The van der Waals surface area contributed by atoms with E-state index in [9.17, 15) is 0 Å². The molecule has 27 heavy (non-hydrogen) atoms. The number of nitrogens with zero attached hydrogens (tertiary/aromatic N) is 3. The highest BCUT2D eigenvalue weighted by Crippen LogP contribution is 2.49. The second-order valence-corrected chi connectivity index (χ2v) is 7.73. The topological polar surface area (TPSA) is 37.3 Å². The molecule has 3 heterocycles. The van der Waals surface area contributed by atoms with E-state index in [0.29, 0.717) is 0 Å². The molecule has 0 radical (unpaired) electrons. The number of likely N-dealkylation sites (tertiary alicyclic amines) is 1. The third-order valence-electron chi connectivity index (χ3n) is 6.08. The maximum atomic E-state index is 6.62. The first-order valence-corrected chi connectivity index (χ1v) is 9.66. The molecule has 1 spiro atoms. The predicted octanol–water partition coefficient (Wildman–Crippen LogP) is 3.66. The third-order valence-corrected chi connectivity index (χ3v) is 6.08. The van der Waals surface area contributed by atoms with Crippen molar-refractivity contribution >= 4 is 5.71 Å². The molecule has 5 rings (SSSR count). The SMILES string of the molecule is COc1cccc(C2=NN3[C@@H](C2)c2ccccc2OC32CCN(C)CC2)c1. The first-order chi connectivity index (χ1) is 13.2. The fourth-order valence-electron chi connectivity index (χ4n) is 4.50. The highest BCUT2D eigenvalue weighted by Gasteiger charge is 2.51. The molecule has 2 aromatic carbocycles. The third kappa shape index (κ3) is 2.69. The maximum Gasteiger partial charge on any atom is 0.200 e. The van der Waals surface area contributed by atoms with Crippen LogP contribution in [0.3, 0.4) is 0 Å². The highest BCUT2D eigenvalue weighted by molar-refractivity contribution is 6.02. The predicted molar refractivity (Wildman–Crippen MR) is 105 cm³/mol. The van der Waals surface area contributed by atoms with Crippen molar-refractivity contribution in [2.45, 2.75) is 31.0 Å². The van der Waals surface area contributed by atoms with Gasteiger partial charge in [0.1, 0.15) is 11.5 Å². The minimum atomic E-state index is -0.341. The number of hydrogen-bond acceptors (Lipinski definition) is 5. The number of methoxy groups -OCH3 is 1. The van der Waals surface area contributed by atoms with Gasteiger partial charge < -0.3 is 14.4 Å². The van der Waals surface area contributed by atoms with Gasteiger partial charge in [0.15, 0.2) is 0 Å². The number of benzene rings is 2. The largest absolute Gasteiger partial charge is 0.497 e. The van der Waals surface area contributed by atoms with Gasteiger partial charge in [-0.3, -0.25) is 0 Å². The van der Waals surface area contributed by atoms with Gasteiger partial charge in [-0.15, -0.1) is 0 Å². The van der Waals surface area contributed by atoms with E-state index in [0.717, 1.165) is 55.1 Å². The average Bonchev–Trinajstić information content (AvgIpc) is 3.17. The van der Waals surface area contributed by atoms with Gasteiger partial charge >= 0.3 is 0 Å². The smallest absolute Gasteiger partial charge is 0.200 e. The van der Waals surface area contributed by atoms with Crippen LogP contribution in [0.4, 0.5) is 0 Å². The summed E-state index contributed by atoms with van der Waals surface area (Å²) in [6.45, 7) is 2.05. The van der Waals surface area contributed by atoms with Crippen molar-refractivity contribution in [1.29, 1.82) is 0 Å². The molecular formula is C22H25N3O2. The second-order valence-electron chi connectivity index (χ2n) is 7.73. The van der Waals surface area contributed by atoms with Crippen LogP contribution in [0, 0.1) is 0 Å². The van der Waals surface area contributed by atoms with Gasteiger partial charge in [-0.25, -0.2) is 5.01 Å². The molecule has 0 unspecified atom stereocenters. The molecule has 3 aliphatic heterocycles. The molecule has 0 amide bonds. The molecule has 3 aliphatic rings. The van der Waals surface area contributed by atoms with Gasteiger partial charge in [-0.2, -0.15) is 5.10 Å². The van der Waals surface area contributed by atoms with E-state index in [4.69, 9.17) is 14.6 Å². The number of rotatable bonds is 2. The second kappa shape index (κ2) is 6.27. The van der Waals surface area contributed by atoms with Crippen molar-refractivity contribution in [2.75, 3.05) is 27.2 Å². The first-order valence-electron chi connectivity index (χ1n) is 9.66. The van der Waals surface area contributed by atoms with Crippen LogP contribution in [0.25, 0.3) is 0 Å². The van der Waals surface area contributed by atoms with Crippen molar-refractivity contribution in [3.8, 4) is 11.5 Å². The van der Waals surface area contributed by atoms with Gasteiger partial charge in [0.25, 0.3) is 0 Å². The molecule has 2 aromatic rings. The molecule has 0 saturated carbocycles. The summed E-state index contributed by atoms with van der Waals surface area (Å²) in [4.78, 5) is 2.37. The molecule has 0 N–H and O–H groups in total. The lowest BCUT2D eigenvalue weighted by Crippen LogP contribution is -2.58. The van der Waals surface area contributed by atoms with E-state index in [2.05, 4.69) is 53.4 Å². The normalized spacial score (nSPS) is 23.4. The van der Waals surface area contributed by atoms with E-state index in [1.165, 1.54) is 5.56 Å². The quantitative estimate of drug-likeness (QED) is 0.816. The van der Waals surface area contributed by atoms with Crippen molar-refractivity contribution in [2.24, 2.45) is 5.10 Å².